The summed E-state index contributed by atoms with van der Waals surface area (Å²) in [6, 6.07) is 1.03. The predicted molar refractivity (Wildman–Crippen MR) is 73.1 cm³/mol. The third-order valence-electron chi connectivity index (χ3n) is 4.63. The average molecular weight is 239 g/mol. The highest BCUT2D eigenvalue weighted by Gasteiger charge is 2.27. The van der Waals surface area contributed by atoms with E-state index in [1.54, 1.807) is 0 Å². The summed E-state index contributed by atoms with van der Waals surface area (Å²) in [5, 5.41) is 0. The SMILES string of the molecule is CN1CCC(CN(C)C2CCCCCC2N)C1. The van der Waals surface area contributed by atoms with E-state index in [1.165, 1.54) is 58.2 Å². The molecule has 0 aromatic heterocycles. The van der Waals surface area contributed by atoms with Crippen LogP contribution in [0.5, 0.6) is 0 Å². The maximum Gasteiger partial charge on any atom is 0.0244 e. The third kappa shape index (κ3) is 3.67. The highest BCUT2D eigenvalue weighted by molar-refractivity contribution is 4.85. The first-order chi connectivity index (χ1) is 8.16. The molecule has 100 valence electrons. The van der Waals surface area contributed by atoms with Crippen molar-refractivity contribution in [2.75, 3.05) is 33.7 Å². The number of likely N-dealkylation sites (tertiary alicyclic amines) is 1. The Labute approximate surface area is 106 Å². The van der Waals surface area contributed by atoms with E-state index in [4.69, 9.17) is 5.73 Å². The Morgan fingerprint density at radius 1 is 1.18 bits per heavy atom. The molecular weight excluding hydrogens is 210 g/mol. The second-order valence-electron chi connectivity index (χ2n) is 6.23. The number of likely N-dealkylation sites (N-methyl/N-ethyl adjacent to an activating group) is 1. The zero-order chi connectivity index (χ0) is 12.3. The molecule has 2 aliphatic rings. The zero-order valence-electron chi connectivity index (χ0n) is 11.6. The summed E-state index contributed by atoms with van der Waals surface area (Å²) in [6.45, 7) is 3.78. The van der Waals surface area contributed by atoms with Gasteiger partial charge in [-0.05, 0) is 45.8 Å². The van der Waals surface area contributed by atoms with Crippen LogP contribution in [0.2, 0.25) is 0 Å². The van der Waals surface area contributed by atoms with Gasteiger partial charge in [0.25, 0.3) is 0 Å². The van der Waals surface area contributed by atoms with Gasteiger partial charge < -0.3 is 15.5 Å². The fourth-order valence-corrected chi connectivity index (χ4v) is 3.58. The smallest absolute Gasteiger partial charge is 0.0244 e. The molecule has 2 N–H and O–H groups in total. The Balaban J connectivity index is 1.83. The van der Waals surface area contributed by atoms with Crippen LogP contribution in [-0.2, 0) is 0 Å². The number of hydrogen-bond acceptors (Lipinski definition) is 3. The predicted octanol–water partition coefficient (Wildman–Crippen LogP) is 1.53. The lowest BCUT2D eigenvalue weighted by molar-refractivity contribution is 0.174. The van der Waals surface area contributed by atoms with Crippen molar-refractivity contribution in [1.82, 2.24) is 9.80 Å². The monoisotopic (exact) mass is 239 g/mol. The molecule has 0 amide bonds. The highest BCUT2D eigenvalue weighted by Crippen LogP contribution is 2.23. The van der Waals surface area contributed by atoms with Gasteiger partial charge in [-0.2, -0.15) is 0 Å². The Morgan fingerprint density at radius 2 is 1.94 bits per heavy atom. The van der Waals surface area contributed by atoms with Crippen molar-refractivity contribution in [2.45, 2.75) is 50.6 Å². The molecule has 1 saturated carbocycles. The number of hydrogen-bond donors (Lipinski definition) is 1. The Kier molecular flexibility index (Phi) is 4.83. The van der Waals surface area contributed by atoms with Crippen LogP contribution in [0.25, 0.3) is 0 Å². The summed E-state index contributed by atoms with van der Waals surface area (Å²) >= 11 is 0. The van der Waals surface area contributed by atoms with E-state index in [1.807, 2.05) is 0 Å². The van der Waals surface area contributed by atoms with Crippen molar-refractivity contribution >= 4 is 0 Å². The van der Waals surface area contributed by atoms with Crippen LogP contribution in [0.4, 0.5) is 0 Å². The van der Waals surface area contributed by atoms with E-state index in [2.05, 4.69) is 23.9 Å². The standard InChI is InChI=1S/C14H29N3/c1-16-9-8-12(10-16)11-17(2)14-7-5-3-4-6-13(14)15/h12-14H,3-11,15H2,1-2H3. The van der Waals surface area contributed by atoms with Crippen LogP contribution in [0.1, 0.15) is 38.5 Å². The average Bonchev–Trinajstić information content (AvgIpc) is 2.57. The summed E-state index contributed by atoms with van der Waals surface area (Å²) < 4.78 is 0. The summed E-state index contributed by atoms with van der Waals surface area (Å²) in [6.07, 6.45) is 7.97. The lowest BCUT2D eigenvalue weighted by Crippen LogP contribution is -2.47. The van der Waals surface area contributed by atoms with Crippen LogP contribution >= 0.6 is 0 Å². The molecule has 3 heteroatoms. The van der Waals surface area contributed by atoms with E-state index in [9.17, 15) is 0 Å². The molecule has 2 rings (SSSR count). The van der Waals surface area contributed by atoms with Crippen LogP contribution in [0.15, 0.2) is 0 Å². The molecule has 1 aliphatic carbocycles. The molecule has 0 radical (unpaired) electrons. The highest BCUT2D eigenvalue weighted by atomic mass is 15.2. The summed E-state index contributed by atoms with van der Waals surface area (Å²) in [4.78, 5) is 5.01. The van der Waals surface area contributed by atoms with E-state index >= 15 is 0 Å². The molecular formula is C14H29N3. The number of rotatable bonds is 3. The summed E-state index contributed by atoms with van der Waals surface area (Å²) in [7, 11) is 4.52. The Bertz CT molecular complexity index is 232. The minimum Gasteiger partial charge on any atom is -0.326 e. The van der Waals surface area contributed by atoms with Gasteiger partial charge in [0.05, 0.1) is 0 Å². The van der Waals surface area contributed by atoms with Gasteiger partial charge in [-0.1, -0.05) is 19.3 Å². The van der Waals surface area contributed by atoms with Crippen molar-refractivity contribution in [1.29, 1.82) is 0 Å². The molecule has 0 spiro atoms. The lowest BCUT2D eigenvalue weighted by atomic mass is 10.0. The van der Waals surface area contributed by atoms with E-state index in [-0.39, 0.29) is 0 Å². The van der Waals surface area contributed by atoms with E-state index in [0.29, 0.717) is 12.1 Å². The van der Waals surface area contributed by atoms with Gasteiger partial charge in [0.1, 0.15) is 0 Å². The van der Waals surface area contributed by atoms with Gasteiger partial charge in [0, 0.05) is 25.2 Å². The minimum atomic E-state index is 0.404. The van der Waals surface area contributed by atoms with E-state index in [0.717, 1.165) is 5.92 Å². The molecule has 0 aromatic carbocycles. The summed E-state index contributed by atoms with van der Waals surface area (Å²) in [5.74, 6) is 0.862. The Hall–Kier alpha value is -0.120. The van der Waals surface area contributed by atoms with Crippen LogP contribution < -0.4 is 5.73 Å². The van der Waals surface area contributed by atoms with Gasteiger partial charge in [-0.25, -0.2) is 0 Å². The second-order valence-corrected chi connectivity index (χ2v) is 6.23. The molecule has 0 bridgehead atoms. The molecule has 2 fully saturated rings. The van der Waals surface area contributed by atoms with Gasteiger partial charge in [0.15, 0.2) is 0 Å². The van der Waals surface area contributed by atoms with Crippen molar-refractivity contribution in [3.05, 3.63) is 0 Å². The molecule has 1 saturated heterocycles. The lowest BCUT2D eigenvalue weighted by Gasteiger charge is -2.33. The molecule has 17 heavy (non-hydrogen) atoms. The quantitative estimate of drug-likeness (QED) is 0.758. The molecule has 3 unspecified atom stereocenters. The van der Waals surface area contributed by atoms with Gasteiger partial charge in [0.2, 0.25) is 0 Å². The van der Waals surface area contributed by atoms with Crippen molar-refractivity contribution in [3.8, 4) is 0 Å². The van der Waals surface area contributed by atoms with Gasteiger partial charge >= 0.3 is 0 Å². The fraction of sp³-hybridized carbons (Fsp3) is 1.00. The molecule has 3 nitrogen and oxygen atoms in total. The summed E-state index contributed by atoms with van der Waals surface area (Å²) in [5.41, 5.74) is 6.33. The first kappa shape index (κ1) is 13.3. The topological polar surface area (TPSA) is 32.5 Å². The van der Waals surface area contributed by atoms with Crippen molar-refractivity contribution < 1.29 is 0 Å². The van der Waals surface area contributed by atoms with Gasteiger partial charge in [-0.15, -0.1) is 0 Å². The maximum atomic E-state index is 6.33. The number of nitrogens with two attached hydrogens (primary N) is 1. The van der Waals surface area contributed by atoms with Crippen LogP contribution in [0, 0.1) is 5.92 Å². The maximum absolute atomic E-state index is 6.33. The first-order valence-electron chi connectivity index (χ1n) is 7.31. The molecule has 3 atom stereocenters. The van der Waals surface area contributed by atoms with Crippen LogP contribution in [0.3, 0.4) is 0 Å². The van der Waals surface area contributed by atoms with Crippen molar-refractivity contribution in [2.24, 2.45) is 11.7 Å². The largest absolute Gasteiger partial charge is 0.326 e. The van der Waals surface area contributed by atoms with Gasteiger partial charge in [-0.3, -0.25) is 0 Å². The molecule has 1 aliphatic heterocycles. The zero-order valence-corrected chi connectivity index (χ0v) is 11.6. The van der Waals surface area contributed by atoms with Crippen LogP contribution in [-0.4, -0.2) is 55.6 Å². The first-order valence-corrected chi connectivity index (χ1v) is 7.31. The Morgan fingerprint density at radius 3 is 2.65 bits per heavy atom. The third-order valence-corrected chi connectivity index (χ3v) is 4.63. The second kappa shape index (κ2) is 6.17. The minimum absolute atomic E-state index is 0.404. The van der Waals surface area contributed by atoms with E-state index < -0.39 is 0 Å². The number of nitrogens with zero attached hydrogens (tertiary/aromatic N) is 2. The fourth-order valence-electron chi connectivity index (χ4n) is 3.58. The normalized spacial score (nSPS) is 36.4. The molecule has 1 heterocycles. The molecule has 0 aromatic rings. The van der Waals surface area contributed by atoms with Crippen molar-refractivity contribution in [3.63, 3.8) is 0 Å².